The summed E-state index contributed by atoms with van der Waals surface area (Å²) in [5.74, 6) is -0.925. The number of ketones is 1. The molecule has 1 fully saturated rings. The zero-order valence-electron chi connectivity index (χ0n) is 7.12. The van der Waals surface area contributed by atoms with Crippen molar-refractivity contribution in [3.05, 3.63) is 0 Å². The maximum Gasteiger partial charge on any atom is 0.307 e. The Balaban J connectivity index is 2.35. The molecule has 0 saturated carbocycles. The van der Waals surface area contributed by atoms with Crippen LogP contribution in [-0.4, -0.2) is 41.4 Å². The summed E-state index contributed by atoms with van der Waals surface area (Å²) >= 11 is 0. The minimum atomic E-state index is -0.749. The highest BCUT2D eigenvalue weighted by molar-refractivity contribution is 5.78. The van der Waals surface area contributed by atoms with Crippen LogP contribution in [0.2, 0.25) is 0 Å². The number of Topliss-reactive ketones (excluding diaryl/α,β-unsaturated/α-hetero) is 1. The summed E-state index contributed by atoms with van der Waals surface area (Å²) in [6.45, 7) is 3.17. The average Bonchev–Trinajstić information content (AvgIpc) is 2.34. The smallest absolute Gasteiger partial charge is 0.307 e. The van der Waals surface area contributed by atoms with Gasteiger partial charge < -0.3 is 5.11 Å². The Morgan fingerprint density at radius 1 is 1.58 bits per heavy atom. The fraction of sp³-hybridized carbons (Fsp3) is 0.750. The summed E-state index contributed by atoms with van der Waals surface area (Å²) in [6, 6.07) is 0. The monoisotopic (exact) mass is 171 g/mol. The lowest BCUT2D eigenvalue weighted by atomic mass is 10.1. The molecule has 1 aliphatic heterocycles. The third kappa shape index (κ3) is 2.30. The standard InChI is InChI=1S/C8H13NO3/c1-6(10)4-9-3-2-7(5-9)8(11)12/h7H,2-5H2,1H3,(H,11,12)/t7-/m0/s1. The molecule has 0 bridgehead atoms. The van der Waals surface area contributed by atoms with Crippen LogP contribution in [0.15, 0.2) is 0 Å². The molecule has 1 aliphatic rings. The molecule has 0 aromatic rings. The van der Waals surface area contributed by atoms with Crippen molar-refractivity contribution in [1.82, 2.24) is 4.90 Å². The summed E-state index contributed by atoms with van der Waals surface area (Å²) in [7, 11) is 0. The average molecular weight is 171 g/mol. The van der Waals surface area contributed by atoms with Gasteiger partial charge in [-0.05, 0) is 19.9 Å². The van der Waals surface area contributed by atoms with Crippen molar-refractivity contribution in [1.29, 1.82) is 0 Å². The van der Waals surface area contributed by atoms with Crippen LogP contribution in [0.5, 0.6) is 0 Å². The van der Waals surface area contributed by atoms with Crippen molar-refractivity contribution in [2.75, 3.05) is 19.6 Å². The Labute approximate surface area is 71.2 Å². The zero-order chi connectivity index (χ0) is 9.14. The minimum Gasteiger partial charge on any atom is -0.481 e. The molecule has 1 saturated heterocycles. The van der Waals surface area contributed by atoms with E-state index in [1.54, 1.807) is 0 Å². The molecule has 1 atom stereocenters. The van der Waals surface area contributed by atoms with E-state index in [1.807, 2.05) is 4.90 Å². The van der Waals surface area contributed by atoms with Crippen molar-refractivity contribution in [2.45, 2.75) is 13.3 Å². The largest absolute Gasteiger partial charge is 0.481 e. The summed E-state index contributed by atoms with van der Waals surface area (Å²) < 4.78 is 0. The first-order chi connectivity index (χ1) is 5.59. The molecule has 4 heteroatoms. The quantitative estimate of drug-likeness (QED) is 0.648. The van der Waals surface area contributed by atoms with Crippen molar-refractivity contribution < 1.29 is 14.7 Å². The number of rotatable bonds is 3. The van der Waals surface area contributed by atoms with Gasteiger partial charge in [-0.1, -0.05) is 0 Å². The highest BCUT2D eigenvalue weighted by Gasteiger charge is 2.27. The van der Waals surface area contributed by atoms with Gasteiger partial charge in [0.2, 0.25) is 0 Å². The number of carbonyl (C=O) groups is 2. The van der Waals surface area contributed by atoms with Crippen molar-refractivity contribution in [3.8, 4) is 0 Å². The molecule has 1 rings (SSSR count). The summed E-state index contributed by atoms with van der Waals surface area (Å²) in [6.07, 6.45) is 0.669. The van der Waals surface area contributed by atoms with Crippen LogP contribution < -0.4 is 0 Å². The van der Waals surface area contributed by atoms with E-state index in [2.05, 4.69) is 0 Å². The molecule has 68 valence electrons. The van der Waals surface area contributed by atoms with Crippen LogP contribution in [0.1, 0.15) is 13.3 Å². The van der Waals surface area contributed by atoms with Crippen LogP contribution in [0.4, 0.5) is 0 Å². The van der Waals surface area contributed by atoms with Crippen molar-refractivity contribution in [2.24, 2.45) is 5.92 Å². The van der Waals surface area contributed by atoms with Gasteiger partial charge in [-0.15, -0.1) is 0 Å². The molecule has 12 heavy (non-hydrogen) atoms. The Bertz CT molecular complexity index is 202. The molecule has 1 N–H and O–H groups in total. The molecule has 0 spiro atoms. The zero-order valence-corrected chi connectivity index (χ0v) is 7.12. The molecule has 1 heterocycles. The van der Waals surface area contributed by atoms with Gasteiger partial charge >= 0.3 is 5.97 Å². The van der Waals surface area contributed by atoms with Gasteiger partial charge in [-0.3, -0.25) is 14.5 Å². The Morgan fingerprint density at radius 3 is 2.67 bits per heavy atom. The van der Waals surface area contributed by atoms with E-state index in [-0.39, 0.29) is 11.7 Å². The molecule has 0 aromatic carbocycles. The number of likely N-dealkylation sites (tertiary alicyclic amines) is 1. The van der Waals surface area contributed by atoms with Gasteiger partial charge in [0.15, 0.2) is 0 Å². The summed E-state index contributed by atoms with van der Waals surface area (Å²) in [4.78, 5) is 23.1. The molecule has 0 aromatic heterocycles. The third-order valence-corrected chi connectivity index (χ3v) is 2.07. The van der Waals surface area contributed by atoms with Gasteiger partial charge in [0.05, 0.1) is 12.5 Å². The number of carboxylic acid groups (broad SMARTS) is 1. The topological polar surface area (TPSA) is 57.6 Å². The highest BCUT2D eigenvalue weighted by Crippen LogP contribution is 2.15. The lowest BCUT2D eigenvalue weighted by Crippen LogP contribution is -2.27. The first kappa shape index (κ1) is 9.19. The predicted octanol–water partition coefficient (Wildman–Crippen LogP) is -0.0181. The second-order valence-corrected chi connectivity index (χ2v) is 3.26. The maximum absolute atomic E-state index is 10.7. The van der Waals surface area contributed by atoms with Crippen molar-refractivity contribution in [3.63, 3.8) is 0 Å². The van der Waals surface area contributed by atoms with E-state index in [1.165, 1.54) is 6.92 Å². The maximum atomic E-state index is 10.7. The normalized spacial score (nSPS) is 24.2. The van der Waals surface area contributed by atoms with E-state index >= 15 is 0 Å². The van der Waals surface area contributed by atoms with Gasteiger partial charge in [0, 0.05) is 6.54 Å². The van der Waals surface area contributed by atoms with Crippen molar-refractivity contribution >= 4 is 11.8 Å². The lowest BCUT2D eigenvalue weighted by Gasteiger charge is -2.11. The molecular formula is C8H13NO3. The van der Waals surface area contributed by atoms with Crippen LogP contribution >= 0.6 is 0 Å². The molecule has 0 amide bonds. The molecular weight excluding hydrogens is 158 g/mol. The lowest BCUT2D eigenvalue weighted by molar-refractivity contribution is -0.141. The first-order valence-electron chi connectivity index (χ1n) is 4.04. The fourth-order valence-electron chi connectivity index (χ4n) is 1.49. The van der Waals surface area contributed by atoms with Crippen LogP contribution in [0, 0.1) is 5.92 Å². The van der Waals surface area contributed by atoms with Crippen LogP contribution in [0.3, 0.4) is 0 Å². The minimum absolute atomic E-state index is 0.0982. The van der Waals surface area contributed by atoms with E-state index in [0.29, 0.717) is 19.5 Å². The number of aliphatic carboxylic acids is 1. The second kappa shape index (κ2) is 3.67. The van der Waals surface area contributed by atoms with Gasteiger partial charge in [0.25, 0.3) is 0 Å². The van der Waals surface area contributed by atoms with Gasteiger partial charge in [-0.25, -0.2) is 0 Å². The van der Waals surface area contributed by atoms with Gasteiger partial charge in [0.1, 0.15) is 5.78 Å². The van der Waals surface area contributed by atoms with E-state index < -0.39 is 5.97 Å². The SMILES string of the molecule is CC(=O)CN1CC[C@H](C(=O)O)C1. The Morgan fingerprint density at radius 2 is 2.25 bits per heavy atom. The van der Waals surface area contributed by atoms with E-state index in [4.69, 9.17) is 5.11 Å². The number of nitrogens with zero attached hydrogens (tertiary/aromatic N) is 1. The van der Waals surface area contributed by atoms with Crippen LogP contribution in [0.25, 0.3) is 0 Å². The Kier molecular flexibility index (Phi) is 2.81. The van der Waals surface area contributed by atoms with E-state index in [0.717, 1.165) is 6.54 Å². The fourth-order valence-corrected chi connectivity index (χ4v) is 1.49. The molecule has 0 radical (unpaired) electrons. The Hall–Kier alpha value is -0.900. The van der Waals surface area contributed by atoms with E-state index in [9.17, 15) is 9.59 Å². The third-order valence-electron chi connectivity index (χ3n) is 2.07. The highest BCUT2D eigenvalue weighted by atomic mass is 16.4. The van der Waals surface area contributed by atoms with Crippen LogP contribution in [-0.2, 0) is 9.59 Å². The molecule has 4 nitrogen and oxygen atoms in total. The molecule has 0 unspecified atom stereocenters. The summed E-state index contributed by atoms with van der Waals surface area (Å²) in [5, 5.41) is 8.65. The number of carbonyl (C=O) groups excluding carboxylic acids is 1. The second-order valence-electron chi connectivity index (χ2n) is 3.26. The summed E-state index contributed by atoms with van der Waals surface area (Å²) in [5.41, 5.74) is 0. The van der Waals surface area contributed by atoms with Gasteiger partial charge in [-0.2, -0.15) is 0 Å². The number of carboxylic acids is 1. The molecule has 0 aliphatic carbocycles. The predicted molar refractivity (Wildman–Crippen MR) is 42.9 cm³/mol. The number of hydrogen-bond donors (Lipinski definition) is 1. The first-order valence-corrected chi connectivity index (χ1v) is 4.04. The number of hydrogen-bond acceptors (Lipinski definition) is 3.